The average molecular weight is 1460 g/mol. The summed E-state index contributed by atoms with van der Waals surface area (Å²) in [5.74, 6) is 0.00720. The van der Waals surface area contributed by atoms with E-state index in [9.17, 15) is 4.79 Å². The van der Waals surface area contributed by atoms with Crippen LogP contribution >= 0.6 is 46.2 Å². The number of hydrogen-bond donors (Lipinski definition) is 3. The van der Waals surface area contributed by atoms with Crippen molar-refractivity contribution in [2.45, 2.75) is 191 Å². The summed E-state index contributed by atoms with van der Waals surface area (Å²) in [4.78, 5) is 29.1. The first-order valence-electron chi connectivity index (χ1n) is 35.0. The molecule has 11 aromatic rings. The number of aromatic hydroxyl groups is 1. The molecule has 0 aliphatic rings. The second-order valence-electron chi connectivity index (χ2n) is 18.7. The molecule has 0 fully saturated rings. The van der Waals surface area contributed by atoms with E-state index in [1.54, 1.807) is 34.8 Å². The summed E-state index contributed by atoms with van der Waals surface area (Å²) in [7, 11) is 1.38. The van der Waals surface area contributed by atoms with Gasteiger partial charge in [0.1, 0.15) is 30.6 Å². The van der Waals surface area contributed by atoms with Crippen LogP contribution in [0.2, 0.25) is 0 Å². The van der Waals surface area contributed by atoms with Gasteiger partial charge in [-0.1, -0.05) is 341 Å². The number of nitrogens with zero attached hydrogens (tertiary/aromatic N) is 3. The number of benzene rings is 8. The van der Waals surface area contributed by atoms with Gasteiger partial charge < -0.3 is 33.3 Å². The van der Waals surface area contributed by atoms with Gasteiger partial charge in [-0.25, -0.2) is 19.7 Å². The third-order valence-corrected chi connectivity index (χ3v) is 15.9. The maximum absolute atomic E-state index is 11.4. The zero-order chi connectivity index (χ0) is 77.2. The third kappa shape index (κ3) is 50.5. The number of rotatable bonds is 7. The zero-order valence-corrected chi connectivity index (χ0v) is 71.5. The molecule has 0 saturated heterocycles. The van der Waals surface area contributed by atoms with E-state index in [4.69, 9.17) is 45.5 Å². The molecule has 0 saturated carbocycles. The summed E-state index contributed by atoms with van der Waals surface area (Å²) < 4.78 is 4.70. The van der Waals surface area contributed by atoms with E-state index >= 15 is 0 Å². The molecule has 0 aliphatic carbocycles. The van der Waals surface area contributed by atoms with Crippen molar-refractivity contribution in [3.63, 3.8) is 0 Å². The number of aromatic nitrogens is 3. The molecule has 8 nitrogen and oxygen atoms in total. The van der Waals surface area contributed by atoms with Gasteiger partial charge in [-0.05, 0) is 67.0 Å². The second-order valence-corrected chi connectivity index (χ2v) is 22.8. The Morgan fingerprint density at radius 2 is 0.725 bits per heavy atom. The van der Waals surface area contributed by atoms with Crippen LogP contribution in [-0.2, 0) is 30.4 Å². The number of ether oxygens (including phenoxy) is 1. The predicted octanol–water partition coefficient (Wildman–Crippen LogP) is 20.4. The minimum absolute atomic E-state index is 0. The number of aliphatic hydroxyl groups excluding tert-OH is 1. The number of thiocarbonyl (C=S) groups is 1. The summed E-state index contributed by atoms with van der Waals surface area (Å²) in [5, 5.41) is 20.8. The summed E-state index contributed by atoms with van der Waals surface area (Å²) in [6.45, 7) is 50.4. The van der Waals surface area contributed by atoms with E-state index in [-0.39, 0.29) is 50.3 Å². The number of methoxy groups -OCH3 is 1. The van der Waals surface area contributed by atoms with Crippen molar-refractivity contribution in [2.24, 2.45) is 5.73 Å². The van der Waals surface area contributed by atoms with Crippen molar-refractivity contribution >= 4 is 69.8 Å². The van der Waals surface area contributed by atoms with Gasteiger partial charge in [0, 0.05) is 27.1 Å². The Balaban J connectivity index is -0.000000198. The van der Waals surface area contributed by atoms with E-state index in [0.29, 0.717) is 15.6 Å². The second kappa shape index (κ2) is 73.9. The van der Waals surface area contributed by atoms with Gasteiger partial charge in [-0.15, -0.1) is 34.0 Å². The molecule has 0 bridgehead atoms. The van der Waals surface area contributed by atoms with Crippen molar-refractivity contribution in [3.8, 4) is 37.5 Å². The van der Waals surface area contributed by atoms with Crippen LogP contribution in [0.25, 0.3) is 31.7 Å². The number of thiazole rings is 3. The Morgan fingerprint density at radius 3 is 0.980 bits per heavy atom. The van der Waals surface area contributed by atoms with Crippen molar-refractivity contribution in [1.82, 2.24) is 15.0 Å². The van der Waals surface area contributed by atoms with Crippen LogP contribution in [0.1, 0.15) is 188 Å². The minimum Gasteiger partial charge on any atom is -0.780 e. The minimum atomic E-state index is -0.322. The van der Waals surface area contributed by atoms with Crippen LogP contribution < -0.4 is 43.5 Å². The number of aryl methyl sites for hydroxylation is 9. The molecule has 3 heterocycles. The molecule has 0 aliphatic heterocycles. The number of hydrogen-bond acceptors (Lipinski definition) is 12. The molecule has 11 rings (SSSR count). The number of carbonyl (C=O) groups excluding carboxylic acids is 1. The number of carbonyl (C=O) groups is 1. The topological polar surface area (TPSA) is 131 Å². The molecule has 15 heteroatoms. The maximum atomic E-state index is 11.4. The number of esters is 1. The van der Waals surface area contributed by atoms with Gasteiger partial charge in [-0.3, -0.25) is 0 Å². The Bertz CT molecular complexity index is 3340. The largest absolute Gasteiger partial charge is 1.00 e. The Labute approximate surface area is 667 Å². The fraction of sp³-hybridized carbons (Fsp3) is 0.322. The molecule has 8 aromatic carbocycles. The quantitative estimate of drug-likeness (QED) is 0.0466. The van der Waals surface area contributed by atoms with Crippen LogP contribution in [0.4, 0.5) is 0 Å². The molecule has 0 unspecified atom stereocenters. The smallest absolute Gasteiger partial charge is 0.780 e. The number of phenolic OH excluding ortho intramolecular Hbond substituents is 1. The molecule has 0 radical (unpaired) electrons. The molecule has 0 spiro atoms. The van der Waals surface area contributed by atoms with Gasteiger partial charge in [0.2, 0.25) is 0 Å². The van der Waals surface area contributed by atoms with Crippen molar-refractivity contribution in [2.75, 3.05) is 7.11 Å². The molecule has 0 amide bonds. The van der Waals surface area contributed by atoms with Crippen molar-refractivity contribution in [3.05, 3.63) is 290 Å². The van der Waals surface area contributed by atoms with E-state index in [1.807, 2.05) is 289 Å². The number of nitrogens with two attached hydrogens (primary N) is 1. The first-order chi connectivity index (χ1) is 48.4. The molecular weight excluding hydrogens is 1340 g/mol. The Kier molecular flexibility index (Phi) is 78.7. The molecule has 546 valence electrons. The molecule has 4 N–H and O–H groups in total. The molecule has 3 aromatic heterocycles. The molecular formula is C87H122Li2N4O4S5. The summed E-state index contributed by atoms with van der Waals surface area (Å²) in [6, 6.07) is 74.0. The van der Waals surface area contributed by atoms with Crippen molar-refractivity contribution < 1.29 is 57.5 Å². The van der Waals surface area contributed by atoms with Gasteiger partial charge in [-0.2, -0.15) is 40.8 Å². The number of aliphatic hydroxyl groups is 1. The Morgan fingerprint density at radius 1 is 0.441 bits per heavy atom. The maximum Gasteiger partial charge on any atom is 1.00 e. The fourth-order valence-corrected chi connectivity index (χ4v) is 10.1. The SMILES string of the molecule is CC.CC.CC.CC.CC.CC.CC.CC.CCc1sc(-c2ccccc2)nc1C.COC(=O)c1sc(-c2ccccc2)nc1C.Cc1cc[c-]cc1.Cc1ccc(C)cc1.Cc1ccc(O)cc1.Cc1ccc([S-])cc1.Cc1nc(-c2ccccc2)sc1CO.NC(=S)c1ccccc1.[Li+].[Li+]. The van der Waals surface area contributed by atoms with Crippen LogP contribution in [0, 0.1) is 61.5 Å². The Hall–Kier alpha value is -6.82. The van der Waals surface area contributed by atoms with Crippen LogP contribution in [0.15, 0.2) is 223 Å². The molecule has 102 heavy (non-hydrogen) atoms. The zero-order valence-electron chi connectivity index (χ0n) is 67.4. The first-order valence-corrected chi connectivity index (χ1v) is 38.2. The standard InChI is InChI=1S/C12H11NO2S.C12H13NS.C11H11NOS.C8H10.C7H7NS.C7H8O.C7H8S.C7H7.8C2H6.2Li/c1-8-10(12(14)15-2)16-11(13-8)9-6-4-3-5-7-9;1-3-11-9(2)13-12(14-11)10-7-5-4-6-8-10;1-8-10(7-13)14-11(12-8)9-5-3-2-4-6-9;1-7-3-5-8(2)6-4-7;8-7(9)6-4-2-1-3-5-6;2*1-6-2-4-7(8)5-3-6;1-7-5-3-2-4-6-7;8*1-2;;/h3-7H,1-2H3;4-8H,3H2,1-2H3;2-6,13H,7H2,1H3;3-6H,1-2H3;1-5H,(H2,8,9);2*2-5,8H,1H3;3-6H,1H3;8*1-2H3;;/q;;;;;;;-1;;;;;;;;;2*+1/p-1. The van der Waals surface area contributed by atoms with Crippen LogP contribution in [-0.4, -0.2) is 43.2 Å². The van der Waals surface area contributed by atoms with E-state index in [2.05, 4.69) is 111 Å². The van der Waals surface area contributed by atoms with Crippen molar-refractivity contribution in [1.29, 1.82) is 0 Å². The summed E-state index contributed by atoms with van der Waals surface area (Å²) in [5.41, 5.74) is 18.8. The average Bonchev–Trinajstić information content (AvgIpc) is 1.71. The van der Waals surface area contributed by atoms with Crippen LogP contribution in [0.3, 0.4) is 0 Å². The summed E-state index contributed by atoms with van der Waals surface area (Å²) >= 11 is 14.3. The van der Waals surface area contributed by atoms with E-state index in [1.165, 1.54) is 62.4 Å². The normalized spacial score (nSPS) is 8.46. The fourth-order valence-electron chi connectivity index (χ4n) is 6.91. The van der Waals surface area contributed by atoms with Gasteiger partial charge in [0.15, 0.2) is 0 Å². The van der Waals surface area contributed by atoms with Gasteiger partial charge in [0.25, 0.3) is 0 Å². The van der Waals surface area contributed by atoms with Gasteiger partial charge >= 0.3 is 43.7 Å². The summed E-state index contributed by atoms with van der Waals surface area (Å²) in [6.07, 6.45) is 1.08. The monoisotopic (exact) mass is 1460 g/mol. The predicted molar refractivity (Wildman–Crippen MR) is 452 cm³/mol. The van der Waals surface area contributed by atoms with Gasteiger partial charge in [0.05, 0.1) is 35.7 Å². The number of phenols is 1. The van der Waals surface area contributed by atoms with E-state index < -0.39 is 0 Å². The van der Waals surface area contributed by atoms with E-state index in [0.717, 1.165) is 59.3 Å². The molecule has 0 atom stereocenters. The van der Waals surface area contributed by atoms with Crippen LogP contribution in [0.5, 0.6) is 5.75 Å². The third-order valence-electron chi connectivity index (χ3n) is 11.7. The first kappa shape index (κ1) is 109.